The van der Waals surface area contributed by atoms with E-state index in [2.05, 4.69) is 40.2 Å². The summed E-state index contributed by atoms with van der Waals surface area (Å²) in [6.07, 6.45) is 3.89. The van der Waals surface area contributed by atoms with Crippen LogP contribution in [0.15, 0.2) is 35.1 Å². The van der Waals surface area contributed by atoms with E-state index >= 15 is 0 Å². The van der Waals surface area contributed by atoms with E-state index in [1.54, 1.807) is 12.1 Å². The molecule has 0 atom stereocenters. The molecule has 20 heavy (non-hydrogen) atoms. The van der Waals surface area contributed by atoms with Crippen molar-refractivity contribution in [2.75, 3.05) is 6.54 Å². The molecule has 2 aromatic rings. The number of hydrogen-bond acceptors (Lipinski definition) is 2. The fourth-order valence-electron chi connectivity index (χ4n) is 1.91. The van der Waals surface area contributed by atoms with E-state index < -0.39 is 0 Å². The molecule has 3 nitrogen and oxygen atoms in total. The quantitative estimate of drug-likeness (QED) is 0.871. The first kappa shape index (κ1) is 15.2. The molecular weight excluding hydrogens is 321 g/mol. The van der Waals surface area contributed by atoms with Gasteiger partial charge in [0.25, 0.3) is 0 Å². The summed E-state index contributed by atoms with van der Waals surface area (Å²) >= 11 is 3.20. The Balaban J connectivity index is 1.93. The van der Waals surface area contributed by atoms with Crippen molar-refractivity contribution >= 4 is 15.9 Å². The maximum absolute atomic E-state index is 13.2. The van der Waals surface area contributed by atoms with E-state index in [0.29, 0.717) is 16.9 Å². The maximum atomic E-state index is 13.2. The molecule has 0 bridgehead atoms. The zero-order chi connectivity index (χ0) is 14.5. The predicted octanol–water partition coefficient (Wildman–Crippen LogP) is 3.58. The van der Waals surface area contributed by atoms with Crippen molar-refractivity contribution < 1.29 is 4.39 Å². The van der Waals surface area contributed by atoms with Crippen LogP contribution in [0.1, 0.15) is 25.0 Å². The van der Waals surface area contributed by atoms with Gasteiger partial charge in [-0.3, -0.25) is 4.68 Å². The second-order valence-corrected chi connectivity index (χ2v) is 6.17. The third-order valence-electron chi connectivity index (χ3n) is 2.90. The van der Waals surface area contributed by atoms with Crippen LogP contribution in [0.25, 0.3) is 0 Å². The molecule has 1 N–H and O–H groups in total. The number of benzene rings is 1. The molecule has 5 heteroatoms. The summed E-state index contributed by atoms with van der Waals surface area (Å²) in [7, 11) is 0. The Bertz CT molecular complexity index is 566. The molecule has 0 unspecified atom stereocenters. The van der Waals surface area contributed by atoms with E-state index in [1.165, 1.54) is 6.07 Å². The van der Waals surface area contributed by atoms with E-state index in [1.807, 2.05) is 17.1 Å². The molecule has 0 spiro atoms. The lowest BCUT2D eigenvalue weighted by atomic mass is 10.2. The fraction of sp³-hybridized carbons (Fsp3) is 0.400. The first-order valence-corrected chi connectivity index (χ1v) is 7.50. The van der Waals surface area contributed by atoms with Crippen LogP contribution in [0, 0.1) is 11.7 Å². The molecule has 1 aromatic carbocycles. The third-order valence-corrected chi connectivity index (χ3v) is 3.50. The molecule has 2 rings (SSSR count). The van der Waals surface area contributed by atoms with Crippen LogP contribution >= 0.6 is 15.9 Å². The standard InChI is InChI=1S/C15H19BrFN3/c1-11(2)6-18-7-13-8-19-20(10-13)9-12-3-4-15(17)14(16)5-12/h3-5,8,10-11,18H,6-7,9H2,1-2H3. The van der Waals surface area contributed by atoms with Crippen LogP contribution < -0.4 is 5.32 Å². The summed E-state index contributed by atoms with van der Waals surface area (Å²) in [5.74, 6) is 0.398. The normalized spacial score (nSPS) is 11.2. The summed E-state index contributed by atoms with van der Waals surface area (Å²) in [6, 6.07) is 5.03. The Morgan fingerprint density at radius 3 is 2.85 bits per heavy atom. The minimum Gasteiger partial charge on any atom is -0.312 e. The van der Waals surface area contributed by atoms with Gasteiger partial charge < -0.3 is 5.32 Å². The molecule has 108 valence electrons. The highest BCUT2D eigenvalue weighted by Crippen LogP contribution is 2.17. The maximum Gasteiger partial charge on any atom is 0.137 e. The van der Waals surface area contributed by atoms with E-state index in [0.717, 1.165) is 24.2 Å². The molecule has 0 fully saturated rings. The van der Waals surface area contributed by atoms with Crippen LogP contribution in [-0.4, -0.2) is 16.3 Å². The van der Waals surface area contributed by atoms with E-state index in [-0.39, 0.29) is 5.82 Å². The van der Waals surface area contributed by atoms with Gasteiger partial charge in [0.2, 0.25) is 0 Å². The van der Waals surface area contributed by atoms with Gasteiger partial charge in [-0.15, -0.1) is 0 Å². The number of aromatic nitrogens is 2. The fourth-order valence-corrected chi connectivity index (χ4v) is 2.34. The molecule has 1 aromatic heterocycles. The molecule has 0 amide bonds. The number of rotatable bonds is 6. The molecule has 0 aliphatic heterocycles. The smallest absolute Gasteiger partial charge is 0.137 e. The molecule has 0 saturated heterocycles. The second-order valence-electron chi connectivity index (χ2n) is 5.32. The molecule has 0 radical (unpaired) electrons. The van der Waals surface area contributed by atoms with Crippen molar-refractivity contribution in [3.63, 3.8) is 0 Å². The Morgan fingerprint density at radius 1 is 1.35 bits per heavy atom. The summed E-state index contributed by atoms with van der Waals surface area (Å²) in [6.45, 7) is 6.83. The summed E-state index contributed by atoms with van der Waals surface area (Å²) in [4.78, 5) is 0. The van der Waals surface area contributed by atoms with Gasteiger partial charge in [0.15, 0.2) is 0 Å². The Kier molecular flexibility index (Phi) is 5.31. The number of nitrogens with one attached hydrogen (secondary N) is 1. The summed E-state index contributed by atoms with van der Waals surface area (Å²) in [5.41, 5.74) is 2.18. The number of halogens is 2. The first-order chi connectivity index (χ1) is 9.54. The van der Waals surface area contributed by atoms with Gasteiger partial charge in [-0.2, -0.15) is 5.10 Å². The van der Waals surface area contributed by atoms with Crippen molar-refractivity contribution in [2.24, 2.45) is 5.92 Å². The van der Waals surface area contributed by atoms with Gasteiger partial charge in [-0.25, -0.2) is 4.39 Å². The zero-order valence-corrected chi connectivity index (χ0v) is 13.3. The van der Waals surface area contributed by atoms with Crippen LogP contribution in [0.2, 0.25) is 0 Å². The topological polar surface area (TPSA) is 29.9 Å². The van der Waals surface area contributed by atoms with Crippen molar-refractivity contribution in [2.45, 2.75) is 26.9 Å². The molecule has 0 saturated carbocycles. The highest BCUT2D eigenvalue weighted by molar-refractivity contribution is 9.10. The predicted molar refractivity (Wildman–Crippen MR) is 82.0 cm³/mol. The molecular formula is C15H19BrFN3. The Morgan fingerprint density at radius 2 is 2.15 bits per heavy atom. The minimum absolute atomic E-state index is 0.243. The first-order valence-electron chi connectivity index (χ1n) is 6.70. The average molecular weight is 340 g/mol. The molecule has 0 aliphatic carbocycles. The largest absolute Gasteiger partial charge is 0.312 e. The van der Waals surface area contributed by atoms with E-state index in [4.69, 9.17) is 0 Å². The average Bonchev–Trinajstić information content (AvgIpc) is 2.81. The van der Waals surface area contributed by atoms with Crippen LogP contribution in [0.4, 0.5) is 4.39 Å². The highest BCUT2D eigenvalue weighted by Gasteiger charge is 2.03. The summed E-state index contributed by atoms with van der Waals surface area (Å²) in [5, 5.41) is 7.71. The second kappa shape index (κ2) is 6.99. The van der Waals surface area contributed by atoms with Gasteiger partial charge in [0.1, 0.15) is 5.82 Å². The third kappa shape index (κ3) is 4.42. The number of hydrogen-bond donors (Lipinski definition) is 1. The van der Waals surface area contributed by atoms with Gasteiger partial charge in [-0.1, -0.05) is 19.9 Å². The lowest BCUT2D eigenvalue weighted by Gasteiger charge is -2.05. The zero-order valence-electron chi connectivity index (χ0n) is 11.7. The van der Waals surface area contributed by atoms with Crippen LogP contribution in [0.3, 0.4) is 0 Å². The number of nitrogens with zero attached hydrogens (tertiary/aromatic N) is 2. The van der Waals surface area contributed by atoms with Crippen LogP contribution in [0.5, 0.6) is 0 Å². The summed E-state index contributed by atoms with van der Waals surface area (Å²) < 4.78 is 15.5. The van der Waals surface area contributed by atoms with Crippen molar-refractivity contribution in [3.8, 4) is 0 Å². The molecule has 0 aliphatic rings. The van der Waals surface area contributed by atoms with Crippen LogP contribution in [-0.2, 0) is 13.1 Å². The Labute approximate surface area is 127 Å². The van der Waals surface area contributed by atoms with Gasteiger partial charge in [0.05, 0.1) is 17.2 Å². The molecule has 1 heterocycles. The lowest BCUT2D eigenvalue weighted by Crippen LogP contribution is -2.18. The minimum atomic E-state index is -0.243. The van der Waals surface area contributed by atoms with Crippen molar-refractivity contribution in [1.82, 2.24) is 15.1 Å². The van der Waals surface area contributed by atoms with Gasteiger partial charge >= 0.3 is 0 Å². The lowest BCUT2D eigenvalue weighted by molar-refractivity contribution is 0.552. The van der Waals surface area contributed by atoms with Gasteiger partial charge in [0, 0.05) is 18.3 Å². The Hall–Kier alpha value is -1.20. The van der Waals surface area contributed by atoms with Gasteiger partial charge in [-0.05, 0) is 46.1 Å². The van der Waals surface area contributed by atoms with E-state index in [9.17, 15) is 4.39 Å². The SMILES string of the molecule is CC(C)CNCc1cnn(Cc2ccc(F)c(Br)c2)c1. The van der Waals surface area contributed by atoms with Crippen molar-refractivity contribution in [3.05, 3.63) is 52.0 Å². The van der Waals surface area contributed by atoms with Crippen molar-refractivity contribution in [1.29, 1.82) is 0 Å². The monoisotopic (exact) mass is 339 g/mol. The highest BCUT2D eigenvalue weighted by atomic mass is 79.9.